The molecule has 0 unspecified atom stereocenters. The number of amides is 1. The zero-order valence-electron chi connectivity index (χ0n) is 13.5. The number of carbonyl (C=O) groups excluding carboxylic acids is 1. The Morgan fingerprint density at radius 2 is 2.00 bits per heavy atom. The molecule has 0 atom stereocenters. The van der Waals surface area contributed by atoms with E-state index in [0.717, 1.165) is 5.56 Å². The fourth-order valence-corrected chi connectivity index (χ4v) is 1.97. The lowest BCUT2D eigenvalue weighted by atomic mass is 10.2. The molecule has 0 fully saturated rings. The molecule has 24 heavy (non-hydrogen) atoms. The van der Waals surface area contributed by atoms with E-state index in [2.05, 4.69) is 23.7 Å². The lowest BCUT2D eigenvalue weighted by Gasteiger charge is -2.10. The third kappa shape index (κ3) is 4.92. The van der Waals surface area contributed by atoms with Gasteiger partial charge >= 0.3 is 0 Å². The van der Waals surface area contributed by atoms with E-state index >= 15 is 0 Å². The SMILES string of the molecule is C=CCOc1ccc(C(=O)NCC#Cc2ccccc2)cc1OC. The lowest BCUT2D eigenvalue weighted by molar-refractivity contribution is 0.0958. The first kappa shape index (κ1) is 17.2. The maximum Gasteiger partial charge on any atom is 0.252 e. The maximum absolute atomic E-state index is 12.2. The maximum atomic E-state index is 12.2. The van der Waals surface area contributed by atoms with Gasteiger partial charge in [-0.1, -0.05) is 42.7 Å². The fourth-order valence-electron chi connectivity index (χ4n) is 1.97. The number of nitrogens with one attached hydrogen (secondary N) is 1. The summed E-state index contributed by atoms with van der Waals surface area (Å²) in [7, 11) is 1.53. The number of rotatable bonds is 6. The molecule has 0 aliphatic carbocycles. The van der Waals surface area contributed by atoms with Crippen LogP contribution in [-0.2, 0) is 0 Å². The molecule has 0 aromatic heterocycles. The Morgan fingerprint density at radius 3 is 2.71 bits per heavy atom. The summed E-state index contributed by atoms with van der Waals surface area (Å²) in [4.78, 5) is 12.2. The molecule has 1 N–H and O–H groups in total. The molecule has 0 saturated heterocycles. The van der Waals surface area contributed by atoms with Crippen molar-refractivity contribution in [1.29, 1.82) is 0 Å². The quantitative estimate of drug-likeness (QED) is 0.657. The van der Waals surface area contributed by atoms with Crippen molar-refractivity contribution in [2.75, 3.05) is 20.3 Å². The minimum atomic E-state index is -0.217. The predicted octanol–water partition coefficient (Wildman–Crippen LogP) is 3.04. The summed E-state index contributed by atoms with van der Waals surface area (Å²) in [5, 5.41) is 2.76. The van der Waals surface area contributed by atoms with Crippen molar-refractivity contribution in [3.63, 3.8) is 0 Å². The highest BCUT2D eigenvalue weighted by molar-refractivity contribution is 5.95. The van der Waals surface area contributed by atoms with Gasteiger partial charge in [0.1, 0.15) is 6.61 Å². The van der Waals surface area contributed by atoms with E-state index in [1.54, 1.807) is 24.3 Å². The van der Waals surface area contributed by atoms with Crippen LogP contribution in [0.3, 0.4) is 0 Å². The zero-order valence-corrected chi connectivity index (χ0v) is 13.5. The summed E-state index contributed by atoms with van der Waals surface area (Å²) < 4.78 is 10.7. The van der Waals surface area contributed by atoms with E-state index in [0.29, 0.717) is 23.7 Å². The Balaban J connectivity index is 1.97. The second-order valence-corrected chi connectivity index (χ2v) is 4.82. The summed E-state index contributed by atoms with van der Waals surface area (Å²) in [6, 6.07) is 14.6. The van der Waals surface area contributed by atoms with Gasteiger partial charge < -0.3 is 14.8 Å². The summed E-state index contributed by atoms with van der Waals surface area (Å²) >= 11 is 0. The fraction of sp³-hybridized carbons (Fsp3) is 0.150. The van der Waals surface area contributed by atoms with Gasteiger partial charge in [0.05, 0.1) is 13.7 Å². The van der Waals surface area contributed by atoms with Crippen molar-refractivity contribution in [2.24, 2.45) is 0 Å². The molecule has 2 rings (SSSR count). The first-order chi connectivity index (χ1) is 11.7. The van der Waals surface area contributed by atoms with Crippen LogP contribution in [-0.4, -0.2) is 26.2 Å². The van der Waals surface area contributed by atoms with Crippen LogP contribution in [0.2, 0.25) is 0 Å². The average Bonchev–Trinajstić information content (AvgIpc) is 2.64. The van der Waals surface area contributed by atoms with E-state index in [4.69, 9.17) is 9.47 Å². The van der Waals surface area contributed by atoms with Crippen LogP contribution in [0.1, 0.15) is 15.9 Å². The van der Waals surface area contributed by atoms with E-state index in [1.165, 1.54) is 7.11 Å². The van der Waals surface area contributed by atoms with Gasteiger partial charge in [-0.25, -0.2) is 0 Å². The molecule has 2 aromatic carbocycles. The first-order valence-electron chi connectivity index (χ1n) is 7.48. The van der Waals surface area contributed by atoms with Crippen LogP contribution in [0.5, 0.6) is 11.5 Å². The third-order valence-corrected chi connectivity index (χ3v) is 3.13. The third-order valence-electron chi connectivity index (χ3n) is 3.13. The van der Waals surface area contributed by atoms with Crippen LogP contribution in [0.15, 0.2) is 61.2 Å². The number of benzene rings is 2. The smallest absolute Gasteiger partial charge is 0.252 e. The minimum Gasteiger partial charge on any atom is -0.493 e. The average molecular weight is 321 g/mol. The van der Waals surface area contributed by atoms with Crippen molar-refractivity contribution < 1.29 is 14.3 Å². The Bertz CT molecular complexity index is 757. The van der Waals surface area contributed by atoms with Crippen molar-refractivity contribution >= 4 is 5.91 Å². The highest BCUT2D eigenvalue weighted by atomic mass is 16.5. The number of methoxy groups -OCH3 is 1. The molecule has 122 valence electrons. The van der Waals surface area contributed by atoms with E-state index < -0.39 is 0 Å². The monoisotopic (exact) mass is 321 g/mol. The molecule has 0 spiro atoms. The molecule has 2 aromatic rings. The van der Waals surface area contributed by atoms with Gasteiger partial charge in [0.25, 0.3) is 5.91 Å². The summed E-state index contributed by atoms with van der Waals surface area (Å²) in [5.74, 6) is 6.76. The van der Waals surface area contributed by atoms with Crippen LogP contribution in [0.25, 0.3) is 0 Å². The Morgan fingerprint density at radius 1 is 1.21 bits per heavy atom. The highest BCUT2D eigenvalue weighted by Crippen LogP contribution is 2.28. The van der Waals surface area contributed by atoms with E-state index in [1.807, 2.05) is 30.3 Å². The molecule has 4 nitrogen and oxygen atoms in total. The second-order valence-electron chi connectivity index (χ2n) is 4.82. The van der Waals surface area contributed by atoms with Gasteiger partial charge in [0.15, 0.2) is 11.5 Å². The molecule has 0 aliphatic rings. The topological polar surface area (TPSA) is 47.6 Å². The largest absolute Gasteiger partial charge is 0.493 e. The van der Waals surface area contributed by atoms with Gasteiger partial charge in [-0.3, -0.25) is 4.79 Å². The normalized spacial score (nSPS) is 9.38. The van der Waals surface area contributed by atoms with Crippen molar-refractivity contribution in [1.82, 2.24) is 5.32 Å². The lowest BCUT2D eigenvalue weighted by Crippen LogP contribution is -2.23. The van der Waals surface area contributed by atoms with Crippen molar-refractivity contribution in [3.05, 3.63) is 72.3 Å². The van der Waals surface area contributed by atoms with E-state index in [9.17, 15) is 4.79 Å². The van der Waals surface area contributed by atoms with Crippen LogP contribution >= 0.6 is 0 Å². The highest BCUT2D eigenvalue weighted by Gasteiger charge is 2.10. The van der Waals surface area contributed by atoms with Gasteiger partial charge in [-0.2, -0.15) is 0 Å². The molecule has 1 amide bonds. The number of hydrogen-bond acceptors (Lipinski definition) is 3. The van der Waals surface area contributed by atoms with Crippen LogP contribution in [0.4, 0.5) is 0 Å². The zero-order chi connectivity index (χ0) is 17.2. The molecule has 4 heteroatoms. The number of carbonyl (C=O) groups is 1. The van der Waals surface area contributed by atoms with Gasteiger partial charge in [0, 0.05) is 11.1 Å². The molecular weight excluding hydrogens is 302 g/mol. The van der Waals surface area contributed by atoms with Gasteiger partial charge in [-0.05, 0) is 30.3 Å². The summed E-state index contributed by atoms with van der Waals surface area (Å²) in [6.07, 6.45) is 1.64. The van der Waals surface area contributed by atoms with E-state index in [-0.39, 0.29) is 12.5 Å². The molecule has 0 radical (unpaired) electrons. The second kappa shape index (κ2) is 9.06. The molecule has 0 aliphatic heterocycles. The Kier molecular flexibility index (Phi) is 6.48. The first-order valence-corrected chi connectivity index (χ1v) is 7.48. The van der Waals surface area contributed by atoms with Crippen LogP contribution in [0, 0.1) is 11.8 Å². The summed E-state index contributed by atoms with van der Waals surface area (Å²) in [5.41, 5.74) is 1.40. The van der Waals surface area contributed by atoms with Crippen molar-refractivity contribution in [3.8, 4) is 23.3 Å². The standard InChI is InChI=1S/C20H19NO3/c1-3-14-24-18-12-11-17(15-19(18)23-2)20(22)21-13-7-10-16-8-5-4-6-9-16/h3-6,8-9,11-12,15H,1,13-14H2,2H3,(H,21,22). The molecule has 0 heterocycles. The summed E-state index contributed by atoms with van der Waals surface area (Å²) in [6.45, 7) is 4.24. The van der Waals surface area contributed by atoms with Gasteiger partial charge in [-0.15, -0.1) is 0 Å². The van der Waals surface area contributed by atoms with Crippen molar-refractivity contribution in [2.45, 2.75) is 0 Å². The molecular formula is C20H19NO3. The predicted molar refractivity (Wildman–Crippen MR) is 94.3 cm³/mol. The van der Waals surface area contributed by atoms with Gasteiger partial charge in [0.2, 0.25) is 0 Å². The molecule has 0 bridgehead atoms. The Hall–Kier alpha value is -3.19. The molecule has 0 saturated carbocycles. The van der Waals surface area contributed by atoms with Crippen LogP contribution < -0.4 is 14.8 Å². The number of hydrogen-bond donors (Lipinski definition) is 1. The Labute approximate surface area is 142 Å². The number of ether oxygens (including phenoxy) is 2. The minimum absolute atomic E-state index is 0.217.